The first kappa shape index (κ1) is 16.6. The van der Waals surface area contributed by atoms with E-state index >= 15 is 0 Å². The summed E-state index contributed by atoms with van der Waals surface area (Å²) in [5.41, 5.74) is 2.11. The molecule has 0 saturated carbocycles. The highest BCUT2D eigenvalue weighted by molar-refractivity contribution is 6.06. The summed E-state index contributed by atoms with van der Waals surface area (Å²) in [7, 11) is 0. The van der Waals surface area contributed by atoms with Crippen LogP contribution >= 0.6 is 0 Å². The molecule has 2 saturated heterocycles. The number of hydrogen-bond donors (Lipinski definition) is 3. The van der Waals surface area contributed by atoms with E-state index in [4.69, 9.17) is 4.74 Å². The molecule has 1 atom stereocenters. The number of piperidine rings is 2. The molecule has 8 nitrogen and oxygen atoms in total. The number of fused-ring (bicyclic) bond motifs is 2. The molecule has 2 fully saturated rings. The van der Waals surface area contributed by atoms with Crippen LogP contribution in [0.2, 0.25) is 0 Å². The lowest BCUT2D eigenvalue weighted by molar-refractivity contribution is -0.136. The molecule has 142 valence electrons. The van der Waals surface area contributed by atoms with Crippen LogP contribution in [0, 0.1) is 0 Å². The lowest BCUT2D eigenvalue weighted by atomic mass is 9.90. The van der Waals surface area contributed by atoms with Gasteiger partial charge in [0.25, 0.3) is 5.91 Å². The standard InChI is InChI=1S/C19H22N4O4/c24-16-2-1-14(17(25)22-16)23-9-11-7-15-13(8-12(11)18(23)26)21-10-19(27-15)3-5-20-6-4-19/h7-8,14,20-21H,1-6,9-10H2,(H,22,24,25)/t14-/m0/s1. The molecule has 1 aromatic carbocycles. The number of nitrogens with zero attached hydrogens (tertiary/aromatic N) is 1. The van der Waals surface area contributed by atoms with E-state index in [9.17, 15) is 14.4 Å². The van der Waals surface area contributed by atoms with Crippen molar-refractivity contribution in [2.75, 3.05) is 25.0 Å². The summed E-state index contributed by atoms with van der Waals surface area (Å²) in [4.78, 5) is 38.0. The Hall–Kier alpha value is -2.61. The summed E-state index contributed by atoms with van der Waals surface area (Å²) >= 11 is 0. The first-order valence-electron chi connectivity index (χ1n) is 9.50. The van der Waals surface area contributed by atoms with Crippen molar-refractivity contribution in [3.63, 3.8) is 0 Å². The van der Waals surface area contributed by atoms with Crippen LogP contribution in [0.5, 0.6) is 5.75 Å². The number of ether oxygens (including phenoxy) is 1. The van der Waals surface area contributed by atoms with E-state index in [0.29, 0.717) is 18.5 Å². The van der Waals surface area contributed by atoms with Crippen molar-refractivity contribution in [3.8, 4) is 5.75 Å². The lowest BCUT2D eigenvalue weighted by Gasteiger charge is -2.42. The second kappa shape index (κ2) is 5.95. The molecule has 27 heavy (non-hydrogen) atoms. The molecule has 0 aliphatic carbocycles. The Morgan fingerprint density at radius 2 is 1.96 bits per heavy atom. The van der Waals surface area contributed by atoms with E-state index in [1.807, 2.05) is 12.1 Å². The van der Waals surface area contributed by atoms with Crippen molar-refractivity contribution in [3.05, 3.63) is 23.3 Å². The molecule has 0 unspecified atom stereocenters. The third kappa shape index (κ3) is 2.66. The van der Waals surface area contributed by atoms with Crippen molar-refractivity contribution >= 4 is 23.4 Å². The van der Waals surface area contributed by atoms with Crippen LogP contribution in [-0.4, -0.2) is 53.9 Å². The molecule has 0 aromatic heterocycles. The fourth-order valence-corrected chi connectivity index (χ4v) is 4.50. The molecular formula is C19H22N4O4. The minimum Gasteiger partial charge on any atom is -0.483 e. The zero-order valence-corrected chi connectivity index (χ0v) is 15.0. The lowest BCUT2D eigenvalue weighted by Crippen LogP contribution is -2.52. The summed E-state index contributed by atoms with van der Waals surface area (Å²) in [6.07, 6.45) is 2.51. The fraction of sp³-hybridized carbons (Fsp3) is 0.526. The summed E-state index contributed by atoms with van der Waals surface area (Å²) in [5.74, 6) is -0.0491. The van der Waals surface area contributed by atoms with Gasteiger partial charge in [-0.2, -0.15) is 0 Å². The third-order valence-corrected chi connectivity index (χ3v) is 6.07. The summed E-state index contributed by atoms with van der Waals surface area (Å²) in [5, 5.41) is 9.12. The molecule has 4 heterocycles. The Kier molecular flexibility index (Phi) is 3.65. The van der Waals surface area contributed by atoms with Crippen molar-refractivity contribution in [2.24, 2.45) is 0 Å². The molecule has 0 radical (unpaired) electrons. The number of nitrogens with one attached hydrogen (secondary N) is 3. The maximum atomic E-state index is 12.9. The van der Waals surface area contributed by atoms with Crippen LogP contribution in [-0.2, 0) is 16.1 Å². The molecule has 0 bridgehead atoms. The molecule has 3 N–H and O–H groups in total. The van der Waals surface area contributed by atoms with E-state index in [0.717, 1.165) is 49.5 Å². The number of benzene rings is 1. The SMILES string of the molecule is O=C1CC[C@H](N2Cc3cc4c(cc3C2=O)NCC2(CCNCC2)O4)C(=O)N1. The predicted molar refractivity (Wildman–Crippen MR) is 96.4 cm³/mol. The van der Waals surface area contributed by atoms with Crippen LogP contribution in [0.25, 0.3) is 0 Å². The normalized spacial score (nSPS) is 26.1. The second-order valence-corrected chi connectivity index (χ2v) is 7.79. The van der Waals surface area contributed by atoms with Crippen LogP contribution in [0.3, 0.4) is 0 Å². The van der Waals surface area contributed by atoms with Gasteiger partial charge in [-0.25, -0.2) is 0 Å². The minimum atomic E-state index is -0.593. The van der Waals surface area contributed by atoms with Crippen LogP contribution < -0.4 is 20.7 Å². The minimum absolute atomic E-state index is 0.161. The van der Waals surface area contributed by atoms with Gasteiger partial charge in [0, 0.05) is 31.4 Å². The molecular weight excluding hydrogens is 348 g/mol. The van der Waals surface area contributed by atoms with Crippen LogP contribution in [0.4, 0.5) is 5.69 Å². The van der Waals surface area contributed by atoms with Crippen molar-refractivity contribution in [1.82, 2.24) is 15.5 Å². The highest BCUT2D eigenvalue weighted by Gasteiger charge is 2.42. The van der Waals surface area contributed by atoms with Gasteiger partial charge in [-0.15, -0.1) is 0 Å². The van der Waals surface area contributed by atoms with Gasteiger partial charge in [-0.1, -0.05) is 0 Å². The maximum absolute atomic E-state index is 12.9. The van der Waals surface area contributed by atoms with E-state index in [2.05, 4.69) is 16.0 Å². The van der Waals surface area contributed by atoms with Gasteiger partial charge in [0.15, 0.2) is 0 Å². The summed E-state index contributed by atoms with van der Waals surface area (Å²) in [6, 6.07) is 3.18. The number of rotatable bonds is 1. The Morgan fingerprint density at radius 3 is 2.74 bits per heavy atom. The molecule has 4 aliphatic heterocycles. The monoisotopic (exact) mass is 370 g/mol. The average Bonchev–Trinajstić information content (AvgIpc) is 2.96. The number of amides is 3. The fourth-order valence-electron chi connectivity index (χ4n) is 4.50. The summed E-state index contributed by atoms with van der Waals surface area (Å²) < 4.78 is 6.38. The highest BCUT2D eigenvalue weighted by Crippen LogP contribution is 2.41. The number of hydrogen-bond acceptors (Lipinski definition) is 6. The zero-order chi connectivity index (χ0) is 18.6. The van der Waals surface area contributed by atoms with Gasteiger partial charge < -0.3 is 20.3 Å². The topological polar surface area (TPSA) is 99.8 Å². The maximum Gasteiger partial charge on any atom is 0.255 e. The van der Waals surface area contributed by atoms with E-state index in [1.165, 1.54) is 0 Å². The van der Waals surface area contributed by atoms with Crippen molar-refractivity contribution < 1.29 is 19.1 Å². The Labute approximate surface area is 156 Å². The molecule has 4 aliphatic rings. The van der Waals surface area contributed by atoms with E-state index < -0.39 is 6.04 Å². The third-order valence-electron chi connectivity index (χ3n) is 6.07. The van der Waals surface area contributed by atoms with Crippen molar-refractivity contribution in [2.45, 2.75) is 43.9 Å². The number of carbonyl (C=O) groups is 3. The molecule has 8 heteroatoms. The van der Waals surface area contributed by atoms with Gasteiger partial charge in [-0.05, 0) is 37.2 Å². The van der Waals surface area contributed by atoms with Gasteiger partial charge in [-0.3, -0.25) is 19.7 Å². The Balaban J connectivity index is 1.41. The Morgan fingerprint density at radius 1 is 1.15 bits per heavy atom. The summed E-state index contributed by atoms with van der Waals surface area (Å²) in [6.45, 7) is 2.96. The predicted octanol–water partition coefficient (Wildman–Crippen LogP) is 0.374. The van der Waals surface area contributed by atoms with Crippen LogP contribution in [0.1, 0.15) is 41.6 Å². The van der Waals surface area contributed by atoms with E-state index in [1.54, 1.807) is 4.90 Å². The van der Waals surface area contributed by atoms with Gasteiger partial charge in [0.1, 0.15) is 17.4 Å². The average molecular weight is 370 g/mol. The number of carbonyl (C=O) groups excluding carboxylic acids is 3. The first-order chi connectivity index (χ1) is 13.0. The molecule has 5 rings (SSSR count). The van der Waals surface area contributed by atoms with Crippen LogP contribution in [0.15, 0.2) is 12.1 Å². The highest BCUT2D eigenvalue weighted by atomic mass is 16.5. The first-order valence-corrected chi connectivity index (χ1v) is 9.50. The smallest absolute Gasteiger partial charge is 0.255 e. The Bertz CT molecular complexity index is 846. The molecule has 1 aromatic rings. The largest absolute Gasteiger partial charge is 0.483 e. The van der Waals surface area contributed by atoms with Gasteiger partial charge in [0.05, 0.1) is 12.2 Å². The quantitative estimate of drug-likeness (QED) is 0.618. The molecule has 3 amide bonds. The van der Waals surface area contributed by atoms with Crippen molar-refractivity contribution in [1.29, 1.82) is 0 Å². The van der Waals surface area contributed by atoms with Gasteiger partial charge in [0.2, 0.25) is 11.8 Å². The van der Waals surface area contributed by atoms with E-state index in [-0.39, 0.29) is 29.7 Å². The number of imide groups is 1. The second-order valence-electron chi connectivity index (χ2n) is 7.79. The molecule has 1 spiro atoms. The number of anilines is 1. The van der Waals surface area contributed by atoms with Gasteiger partial charge >= 0.3 is 0 Å². The zero-order valence-electron chi connectivity index (χ0n) is 15.0.